The van der Waals surface area contributed by atoms with Gasteiger partial charge < -0.3 is 4.74 Å². The number of amides is 3. The van der Waals surface area contributed by atoms with Crippen LogP contribution in [0.5, 0.6) is 5.75 Å². The highest BCUT2D eigenvalue weighted by Crippen LogP contribution is 2.56. The van der Waals surface area contributed by atoms with E-state index in [-0.39, 0.29) is 11.6 Å². The predicted molar refractivity (Wildman–Crippen MR) is 120 cm³/mol. The van der Waals surface area contributed by atoms with Gasteiger partial charge in [-0.25, -0.2) is 9.69 Å². The average Bonchev–Trinajstić information content (AvgIpc) is 3.40. The molecule has 1 spiro atoms. The molecule has 2 atom stereocenters. The van der Waals surface area contributed by atoms with Gasteiger partial charge >= 0.3 is 12.4 Å². The summed E-state index contributed by atoms with van der Waals surface area (Å²) < 4.78 is 41.4. The van der Waals surface area contributed by atoms with E-state index >= 15 is 0 Å². The van der Waals surface area contributed by atoms with Crippen molar-refractivity contribution in [2.45, 2.75) is 25.2 Å². The van der Waals surface area contributed by atoms with E-state index < -0.39 is 29.6 Å². The summed E-state index contributed by atoms with van der Waals surface area (Å²) in [5.41, 5.74) is 1.02. The van der Waals surface area contributed by atoms with Crippen molar-refractivity contribution in [3.8, 4) is 16.9 Å². The molecule has 1 saturated carbocycles. The van der Waals surface area contributed by atoms with Gasteiger partial charge in [0.2, 0.25) is 0 Å². The van der Waals surface area contributed by atoms with Crippen LogP contribution in [0.2, 0.25) is 5.02 Å². The Morgan fingerprint density at radius 2 is 1.71 bits per heavy atom. The number of halogens is 4. The normalized spacial score (nSPS) is 22.0. The highest BCUT2D eigenvalue weighted by Gasteiger charge is 2.70. The molecule has 10 heteroatoms. The first-order valence-corrected chi connectivity index (χ1v) is 10.7. The Hall–Kier alpha value is -3.59. The molecule has 0 radical (unpaired) electrons. The maximum absolute atomic E-state index is 13.6. The third-order valence-corrected chi connectivity index (χ3v) is 6.40. The fourth-order valence-corrected chi connectivity index (χ4v) is 4.57. The summed E-state index contributed by atoms with van der Waals surface area (Å²) in [6.45, 7) is 1.88. The zero-order valence-electron chi connectivity index (χ0n) is 17.7. The first-order valence-electron chi connectivity index (χ1n) is 10.4. The van der Waals surface area contributed by atoms with Crippen molar-refractivity contribution < 1.29 is 27.5 Å². The lowest BCUT2D eigenvalue weighted by Gasteiger charge is -2.25. The van der Waals surface area contributed by atoms with Gasteiger partial charge in [0.05, 0.1) is 11.4 Å². The van der Waals surface area contributed by atoms with Crippen LogP contribution < -0.4 is 14.5 Å². The van der Waals surface area contributed by atoms with E-state index in [1.807, 2.05) is 6.92 Å². The number of hydrogen-bond acceptors (Lipinski definition) is 4. The highest BCUT2D eigenvalue weighted by molar-refractivity contribution is 6.32. The zero-order chi connectivity index (χ0) is 24.3. The predicted octanol–water partition coefficient (Wildman–Crippen LogP) is 6.05. The molecule has 1 saturated heterocycles. The van der Waals surface area contributed by atoms with Crippen LogP contribution in [-0.4, -0.2) is 28.8 Å². The molecule has 1 aliphatic carbocycles. The second-order valence-corrected chi connectivity index (χ2v) is 8.67. The summed E-state index contributed by atoms with van der Waals surface area (Å²) in [7, 11) is 0. The molecular weight excluding hydrogens is 471 g/mol. The minimum atomic E-state index is -4.84. The molecule has 2 fully saturated rings. The summed E-state index contributed by atoms with van der Waals surface area (Å²) in [6.07, 6.45) is -1.22. The number of carbonyl (C=O) groups excluding carboxylic acids is 2. The van der Waals surface area contributed by atoms with Gasteiger partial charge in [0.1, 0.15) is 11.3 Å². The van der Waals surface area contributed by atoms with Crippen LogP contribution in [0.3, 0.4) is 0 Å². The molecule has 6 nitrogen and oxygen atoms in total. The number of benzene rings is 2. The summed E-state index contributed by atoms with van der Waals surface area (Å²) in [4.78, 5) is 33.8. The third kappa shape index (κ3) is 3.56. The van der Waals surface area contributed by atoms with Crippen molar-refractivity contribution in [2.24, 2.45) is 5.92 Å². The summed E-state index contributed by atoms with van der Waals surface area (Å²) in [6, 6.07) is 12.8. The standard InChI is InChI=1S/C24H17ClF3N3O3/c1-14-12-23(14)21(32)30(17-6-8-18(9-7-17)34-24(26,27)28)22(33)31(23)20-10-11-29-13-19(20)15-2-4-16(25)5-3-15/h2-11,13-14H,12H2,1H3. The first-order chi connectivity index (χ1) is 16.1. The van der Waals surface area contributed by atoms with Gasteiger partial charge in [0.25, 0.3) is 5.91 Å². The topological polar surface area (TPSA) is 62.7 Å². The van der Waals surface area contributed by atoms with Crippen LogP contribution in [0.4, 0.5) is 29.3 Å². The largest absolute Gasteiger partial charge is 0.573 e. The van der Waals surface area contributed by atoms with E-state index in [0.717, 1.165) is 22.6 Å². The number of nitrogens with zero attached hydrogens (tertiary/aromatic N) is 3. The first kappa shape index (κ1) is 22.2. The second kappa shape index (κ2) is 7.73. The van der Waals surface area contributed by atoms with E-state index in [0.29, 0.717) is 22.7 Å². The Balaban J connectivity index is 1.55. The number of alkyl halides is 3. The molecule has 174 valence electrons. The Labute approximate surface area is 197 Å². The maximum atomic E-state index is 13.6. The van der Waals surface area contributed by atoms with Gasteiger partial charge in [-0.1, -0.05) is 30.7 Å². The van der Waals surface area contributed by atoms with Gasteiger partial charge in [0.15, 0.2) is 0 Å². The smallest absolute Gasteiger partial charge is 0.406 e. The summed E-state index contributed by atoms with van der Waals surface area (Å²) in [5, 5.41) is 0.554. The fraction of sp³-hybridized carbons (Fsp3) is 0.208. The van der Waals surface area contributed by atoms with Crippen LogP contribution in [0, 0.1) is 5.92 Å². The van der Waals surface area contributed by atoms with Crippen molar-refractivity contribution in [3.63, 3.8) is 0 Å². The minimum absolute atomic E-state index is 0.104. The minimum Gasteiger partial charge on any atom is -0.406 e. The Morgan fingerprint density at radius 3 is 2.29 bits per heavy atom. The lowest BCUT2D eigenvalue weighted by Crippen LogP contribution is -2.39. The van der Waals surface area contributed by atoms with E-state index in [1.54, 1.807) is 42.7 Å². The van der Waals surface area contributed by atoms with Crippen molar-refractivity contribution in [3.05, 3.63) is 72.0 Å². The van der Waals surface area contributed by atoms with Crippen molar-refractivity contribution in [2.75, 3.05) is 9.80 Å². The number of carbonyl (C=O) groups is 2. The molecule has 2 aromatic carbocycles. The van der Waals surface area contributed by atoms with E-state index in [9.17, 15) is 22.8 Å². The van der Waals surface area contributed by atoms with Crippen molar-refractivity contribution in [1.29, 1.82) is 0 Å². The quantitative estimate of drug-likeness (QED) is 0.420. The molecule has 3 aromatic rings. The molecule has 5 rings (SSSR count). The number of pyridine rings is 1. The molecule has 0 bridgehead atoms. The third-order valence-electron chi connectivity index (χ3n) is 6.15. The van der Waals surface area contributed by atoms with Gasteiger partial charge in [0, 0.05) is 23.0 Å². The van der Waals surface area contributed by atoms with E-state index in [2.05, 4.69) is 9.72 Å². The van der Waals surface area contributed by atoms with E-state index in [1.165, 1.54) is 17.0 Å². The molecule has 2 heterocycles. The molecule has 34 heavy (non-hydrogen) atoms. The Kier molecular flexibility index (Phi) is 5.05. The van der Waals surface area contributed by atoms with Crippen molar-refractivity contribution >= 4 is 34.9 Å². The fourth-order valence-electron chi connectivity index (χ4n) is 4.44. The van der Waals surface area contributed by atoms with Crippen LogP contribution in [-0.2, 0) is 4.79 Å². The lowest BCUT2D eigenvalue weighted by atomic mass is 10.0. The average molecular weight is 488 g/mol. The molecular formula is C24H17ClF3N3O3. The number of hydrogen-bond donors (Lipinski definition) is 0. The monoisotopic (exact) mass is 487 g/mol. The maximum Gasteiger partial charge on any atom is 0.573 e. The lowest BCUT2D eigenvalue weighted by molar-refractivity contribution is -0.274. The summed E-state index contributed by atoms with van der Waals surface area (Å²) >= 11 is 6.01. The van der Waals surface area contributed by atoms with Crippen LogP contribution in [0.25, 0.3) is 11.1 Å². The van der Waals surface area contributed by atoms with Gasteiger partial charge in [-0.05, 0) is 60.4 Å². The molecule has 1 aliphatic heterocycles. The molecule has 3 amide bonds. The summed E-state index contributed by atoms with van der Waals surface area (Å²) in [5.74, 6) is -0.970. The molecule has 2 unspecified atom stereocenters. The second-order valence-electron chi connectivity index (χ2n) is 8.23. The molecule has 1 aromatic heterocycles. The Bertz CT molecular complexity index is 1280. The number of urea groups is 1. The number of aromatic nitrogens is 1. The van der Waals surface area contributed by atoms with Crippen LogP contribution in [0.15, 0.2) is 67.0 Å². The SMILES string of the molecule is CC1CC12C(=O)N(c1ccc(OC(F)(F)F)cc1)C(=O)N2c1ccncc1-c1ccc(Cl)cc1. The number of imide groups is 1. The Morgan fingerprint density at radius 1 is 1.06 bits per heavy atom. The van der Waals surface area contributed by atoms with Crippen molar-refractivity contribution in [1.82, 2.24) is 4.98 Å². The molecule has 2 aliphatic rings. The molecule has 0 N–H and O–H groups in total. The number of anilines is 2. The van der Waals surface area contributed by atoms with Gasteiger partial charge in [-0.3, -0.25) is 14.7 Å². The van der Waals surface area contributed by atoms with Gasteiger partial charge in [-0.15, -0.1) is 13.2 Å². The number of ether oxygens (including phenoxy) is 1. The number of rotatable bonds is 4. The van der Waals surface area contributed by atoms with E-state index in [4.69, 9.17) is 11.6 Å². The highest BCUT2D eigenvalue weighted by atomic mass is 35.5. The van der Waals surface area contributed by atoms with Gasteiger partial charge in [-0.2, -0.15) is 0 Å². The van der Waals surface area contributed by atoms with Crippen LogP contribution >= 0.6 is 11.6 Å². The zero-order valence-corrected chi connectivity index (χ0v) is 18.5. The van der Waals surface area contributed by atoms with Crippen LogP contribution in [0.1, 0.15) is 13.3 Å².